The van der Waals surface area contributed by atoms with Crippen LogP contribution in [0.2, 0.25) is 0 Å². The first-order chi connectivity index (χ1) is 8.38. The maximum Gasteiger partial charge on any atom is 0.00931 e. The van der Waals surface area contributed by atoms with E-state index < -0.39 is 0 Å². The highest BCUT2D eigenvalue weighted by atomic mass is 32.1. The summed E-state index contributed by atoms with van der Waals surface area (Å²) < 4.78 is 0. The lowest BCUT2D eigenvalue weighted by Gasteiger charge is -2.22. The molecule has 102 valence electrons. The van der Waals surface area contributed by atoms with Crippen molar-refractivity contribution in [1.29, 1.82) is 0 Å². The van der Waals surface area contributed by atoms with Gasteiger partial charge in [-0.1, -0.05) is 39.0 Å². The first-order valence-corrected chi connectivity index (χ1v) is 8.36. The summed E-state index contributed by atoms with van der Waals surface area (Å²) in [6, 6.07) is 0.908. The Balaban J connectivity index is 1.87. The molecule has 1 atom stereocenters. The van der Waals surface area contributed by atoms with Gasteiger partial charge in [0.25, 0.3) is 0 Å². The molecular formula is C15H31NS. The summed E-state index contributed by atoms with van der Waals surface area (Å²) in [6.07, 6.45) is 14.1. The van der Waals surface area contributed by atoms with E-state index in [1.807, 2.05) is 0 Å². The molecule has 0 bridgehead atoms. The van der Waals surface area contributed by atoms with Crippen molar-refractivity contribution in [1.82, 2.24) is 4.90 Å². The molecule has 1 aliphatic heterocycles. The van der Waals surface area contributed by atoms with Gasteiger partial charge in [0.2, 0.25) is 0 Å². The Bertz CT molecular complexity index is 172. The summed E-state index contributed by atoms with van der Waals surface area (Å²) in [5.41, 5.74) is 0. The molecule has 0 spiro atoms. The van der Waals surface area contributed by atoms with Crippen molar-refractivity contribution < 1.29 is 0 Å². The predicted octanol–water partition coefficient (Wildman–Crippen LogP) is 4.52. The molecule has 0 N–H and O–H groups in total. The third-order valence-electron chi connectivity index (χ3n) is 4.07. The van der Waals surface area contributed by atoms with Crippen LogP contribution < -0.4 is 0 Å². The van der Waals surface area contributed by atoms with Crippen molar-refractivity contribution in [2.75, 3.05) is 18.8 Å². The summed E-state index contributed by atoms with van der Waals surface area (Å²) in [5.74, 6) is 1.06. The van der Waals surface area contributed by atoms with E-state index in [-0.39, 0.29) is 0 Å². The zero-order valence-electron chi connectivity index (χ0n) is 11.7. The Labute approximate surface area is 114 Å². The number of rotatable bonds is 10. The molecule has 0 radical (unpaired) electrons. The highest BCUT2D eigenvalue weighted by Crippen LogP contribution is 2.20. The SMILES string of the molecule is CCC1CCCN1CCCCCCCCCS. The minimum Gasteiger partial charge on any atom is -0.300 e. The lowest BCUT2D eigenvalue weighted by atomic mass is 10.1. The van der Waals surface area contributed by atoms with Crippen LogP contribution in [0.3, 0.4) is 0 Å². The second-order valence-electron chi connectivity index (χ2n) is 5.44. The van der Waals surface area contributed by atoms with Crippen LogP contribution >= 0.6 is 12.6 Å². The molecule has 1 unspecified atom stereocenters. The van der Waals surface area contributed by atoms with Crippen molar-refractivity contribution in [3.05, 3.63) is 0 Å². The normalized spacial score (nSPS) is 21.2. The van der Waals surface area contributed by atoms with Gasteiger partial charge in [-0.25, -0.2) is 0 Å². The molecule has 1 aliphatic rings. The third kappa shape index (κ3) is 6.71. The van der Waals surface area contributed by atoms with Crippen LogP contribution in [-0.4, -0.2) is 29.8 Å². The van der Waals surface area contributed by atoms with Crippen LogP contribution in [0.4, 0.5) is 0 Å². The highest BCUT2D eigenvalue weighted by molar-refractivity contribution is 7.80. The van der Waals surface area contributed by atoms with E-state index in [2.05, 4.69) is 24.5 Å². The summed E-state index contributed by atoms with van der Waals surface area (Å²) in [5, 5.41) is 0. The lowest BCUT2D eigenvalue weighted by Crippen LogP contribution is -2.29. The first kappa shape index (κ1) is 15.4. The number of nitrogens with zero attached hydrogens (tertiary/aromatic N) is 1. The molecule has 0 amide bonds. The van der Waals surface area contributed by atoms with Crippen molar-refractivity contribution >= 4 is 12.6 Å². The Morgan fingerprint density at radius 2 is 1.65 bits per heavy atom. The lowest BCUT2D eigenvalue weighted by molar-refractivity contribution is 0.242. The van der Waals surface area contributed by atoms with E-state index in [0.29, 0.717) is 0 Å². The third-order valence-corrected chi connectivity index (χ3v) is 4.39. The van der Waals surface area contributed by atoms with E-state index in [1.165, 1.54) is 77.3 Å². The molecular weight excluding hydrogens is 226 g/mol. The van der Waals surface area contributed by atoms with Crippen molar-refractivity contribution in [2.24, 2.45) is 0 Å². The van der Waals surface area contributed by atoms with Crippen molar-refractivity contribution in [3.63, 3.8) is 0 Å². The van der Waals surface area contributed by atoms with Crippen LogP contribution in [0.15, 0.2) is 0 Å². The summed E-state index contributed by atoms with van der Waals surface area (Å²) in [4.78, 5) is 2.72. The predicted molar refractivity (Wildman–Crippen MR) is 81.1 cm³/mol. The van der Waals surface area contributed by atoms with Gasteiger partial charge in [-0.3, -0.25) is 0 Å². The zero-order valence-corrected chi connectivity index (χ0v) is 12.6. The van der Waals surface area contributed by atoms with E-state index in [4.69, 9.17) is 0 Å². The minimum absolute atomic E-state index is 0.908. The fourth-order valence-corrected chi connectivity index (χ4v) is 3.19. The van der Waals surface area contributed by atoms with Crippen LogP contribution in [-0.2, 0) is 0 Å². The molecule has 2 heteroatoms. The van der Waals surface area contributed by atoms with E-state index in [1.54, 1.807) is 0 Å². The Hall–Kier alpha value is 0.310. The summed E-state index contributed by atoms with van der Waals surface area (Å²) in [7, 11) is 0. The fourth-order valence-electron chi connectivity index (χ4n) is 2.96. The van der Waals surface area contributed by atoms with Gasteiger partial charge in [-0.05, 0) is 50.9 Å². The standard InChI is InChI=1S/C15H31NS/c1-2-15-11-10-13-16(15)12-8-6-4-3-5-7-9-14-17/h15,17H,2-14H2,1H3. The van der Waals surface area contributed by atoms with E-state index >= 15 is 0 Å². The van der Waals surface area contributed by atoms with Gasteiger partial charge in [0, 0.05) is 6.04 Å². The second kappa shape index (κ2) is 10.3. The molecule has 0 aromatic heterocycles. The molecule has 1 heterocycles. The molecule has 1 saturated heterocycles. The summed E-state index contributed by atoms with van der Waals surface area (Å²) >= 11 is 4.24. The van der Waals surface area contributed by atoms with Gasteiger partial charge in [-0.15, -0.1) is 0 Å². The van der Waals surface area contributed by atoms with Gasteiger partial charge >= 0.3 is 0 Å². The average Bonchev–Trinajstić information content (AvgIpc) is 2.80. The van der Waals surface area contributed by atoms with Gasteiger partial charge in [0.05, 0.1) is 0 Å². The average molecular weight is 257 g/mol. The number of hydrogen-bond acceptors (Lipinski definition) is 2. The number of likely N-dealkylation sites (tertiary alicyclic amines) is 1. The van der Waals surface area contributed by atoms with Gasteiger partial charge < -0.3 is 4.90 Å². The van der Waals surface area contributed by atoms with Crippen LogP contribution in [0.1, 0.15) is 71.1 Å². The van der Waals surface area contributed by atoms with Crippen molar-refractivity contribution in [3.8, 4) is 0 Å². The van der Waals surface area contributed by atoms with Gasteiger partial charge in [0.1, 0.15) is 0 Å². The van der Waals surface area contributed by atoms with Crippen LogP contribution in [0, 0.1) is 0 Å². The zero-order chi connectivity index (χ0) is 12.3. The molecule has 0 aliphatic carbocycles. The fraction of sp³-hybridized carbons (Fsp3) is 1.00. The smallest absolute Gasteiger partial charge is 0.00931 e. The molecule has 1 fully saturated rings. The second-order valence-corrected chi connectivity index (χ2v) is 5.89. The molecule has 1 rings (SSSR count). The van der Waals surface area contributed by atoms with Crippen LogP contribution in [0.5, 0.6) is 0 Å². The van der Waals surface area contributed by atoms with Crippen LogP contribution in [0.25, 0.3) is 0 Å². The monoisotopic (exact) mass is 257 g/mol. The van der Waals surface area contributed by atoms with E-state index in [9.17, 15) is 0 Å². The Kier molecular flexibility index (Phi) is 9.27. The molecule has 17 heavy (non-hydrogen) atoms. The largest absolute Gasteiger partial charge is 0.300 e. The number of thiol groups is 1. The molecule has 0 aromatic rings. The maximum absolute atomic E-state index is 4.24. The van der Waals surface area contributed by atoms with Crippen molar-refractivity contribution in [2.45, 2.75) is 77.2 Å². The van der Waals surface area contributed by atoms with E-state index in [0.717, 1.165) is 11.8 Å². The molecule has 0 saturated carbocycles. The molecule has 0 aromatic carbocycles. The Morgan fingerprint density at radius 3 is 2.29 bits per heavy atom. The van der Waals surface area contributed by atoms with Gasteiger partial charge in [-0.2, -0.15) is 12.6 Å². The first-order valence-electron chi connectivity index (χ1n) is 7.73. The number of unbranched alkanes of at least 4 members (excludes halogenated alkanes) is 6. The quantitative estimate of drug-likeness (QED) is 0.445. The molecule has 1 nitrogen and oxygen atoms in total. The number of hydrogen-bond donors (Lipinski definition) is 1. The minimum atomic E-state index is 0.908. The highest BCUT2D eigenvalue weighted by Gasteiger charge is 2.21. The Morgan fingerprint density at radius 1 is 1.00 bits per heavy atom. The van der Waals surface area contributed by atoms with Gasteiger partial charge in [0.15, 0.2) is 0 Å². The topological polar surface area (TPSA) is 3.24 Å². The summed E-state index contributed by atoms with van der Waals surface area (Å²) in [6.45, 7) is 5.06. The maximum atomic E-state index is 4.24.